The molecule has 2 aromatic carbocycles. The van der Waals surface area contributed by atoms with Crippen molar-refractivity contribution in [3.63, 3.8) is 0 Å². The summed E-state index contributed by atoms with van der Waals surface area (Å²) in [5.74, 6) is -1.36. The maximum Gasteiger partial charge on any atom is 0.252 e. The zero-order valence-corrected chi connectivity index (χ0v) is 16.5. The minimum Gasteiger partial charge on any atom is -0.366 e. The fraction of sp³-hybridized carbons (Fsp3) is 0.0870. The van der Waals surface area contributed by atoms with Crippen LogP contribution in [0.3, 0.4) is 0 Å². The Bertz CT molecular complexity index is 1230. The van der Waals surface area contributed by atoms with Crippen LogP contribution in [0.5, 0.6) is 0 Å². The molecule has 0 bridgehead atoms. The lowest BCUT2D eigenvalue weighted by Gasteiger charge is -2.16. The van der Waals surface area contributed by atoms with Crippen molar-refractivity contribution in [3.8, 4) is 0 Å². The lowest BCUT2D eigenvalue weighted by atomic mass is 10.1. The third-order valence-electron chi connectivity index (χ3n) is 4.82. The van der Waals surface area contributed by atoms with Crippen molar-refractivity contribution >= 4 is 34.1 Å². The number of fused-ring (bicyclic) bond motifs is 1. The van der Waals surface area contributed by atoms with Crippen molar-refractivity contribution in [3.05, 3.63) is 89.9 Å². The second kappa shape index (κ2) is 8.76. The Morgan fingerprint density at radius 1 is 1.03 bits per heavy atom. The highest BCUT2D eigenvalue weighted by Crippen LogP contribution is 2.26. The van der Waals surface area contributed by atoms with E-state index in [0.717, 1.165) is 22.5 Å². The number of benzene rings is 2. The zero-order valence-electron chi connectivity index (χ0n) is 16.5. The molecule has 0 aliphatic heterocycles. The monoisotopic (exact) mass is 416 g/mol. The number of halogens is 1. The highest BCUT2D eigenvalue weighted by molar-refractivity contribution is 5.99. The van der Waals surface area contributed by atoms with Gasteiger partial charge < -0.3 is 22.1 Å². The van der Waals surface area contributed by atoms with Gasteiger partial charge in [-0.25, -0.2) is 9.37 Å². The van der Waals surface area contributed by atoms with Crippen molar-refractivity contribution < 1.29 is 9.18 Å². The minimum atomic E-state index is -0.788. The second-order valence-electron chi connectivity index (χ2n) is 7.01. The molecule has 6 N–H and O–H groups in total. The Morgan fingerprint density at radius 3 is 2.61 bits per heavy atom. The van der Waals surface area contributed by atoms with Gasteiger partial charge >= 0.3 is 0 Å². The Labute approximate surface area is 178 Å². The first-order valence-electron chi connectivity index (χ1n) is 9.68. The van der Waals surface area contributed by atoms with E-state index in [1.165, 1.54) is 0 Å². The molecule has 0 spiro atoms. The summed E-state index contributed by atoms with van der Waals surface area (Å²) in [5.41, 5.74) is 14.0. The molecule has 0 saturated carbocycles. The molecule has 31 heavy (non-hydrogen) atoms. The van der Waals surface area contributed by atoms with E-state index in [4.69, 9.17) is 11.5 Å². The summed E-state index contributed by atoms with van der Waals surface area (Å²) in [6.45, 7) is 0.255. The van der Waals surface area contributed by atoms with E-state index in [9.17, 15) is 9.18 Å². The Kier molecular flexibility index (Phi) is 5.72. The first-order valence-corrected chi connectivity index (χ1v) is 9.68. The molecule has 1 amide bonds. The van der Waals surface area contributed by atoms with Gasteiger partial charge in [0.2, 0.25) is 0 Å². The van der Waals surface area contributed by atoms with Gasteiger partial charge in [0.25, 0.3) is 5.91 Å². The molecule has 4 rings (SSSR count). The van der Waals surface area contributed by atoms with Crippen LogP contribution in [0.1, 0.15) is 22.0 Å². The second-order valence-corrected chi connectivity index (χ2v) is 7.01. The predicted octanol–water partition coefficient (Wildman–Crippen LogP) is 3.72. The topological polar surface area (TPSA) is 119 Å². The van der Waals surface area contributed by atoms with E-state index in [-0.39, 0.29) is 29.8 Å². The number of aromatic nitrogens is 2. The minimum absolute atomic E-state index is 0.0265. The Hall–Kier alpha value is -4.04. The average Bonchev–Trinajstić information content (AvgIpc) is 2.79. The molecule has 0 saturated heterocycles. The molecule has 2 heterocycles. The highest BCUT2D eigenvalue weighted by Gasteiger charge is 2.17. The van der Waals surface area contributed by atoms with E-state index in [2.05, 4.69) is 20.6 Å². The van der Waals surface area contributed by atoms with Gasteiger partial charge in [0.1, 0.15) is 5.82 Å². The summed E-state index contributed by atoms with van der Waals surface area (Å²) < 4.78 is 14.6. The van der Waals surface area contributed by atoms with Crippen molar-refractivity contribution in [2.45, 2.75) is 6.04 Å². The van der Waals surface area contributed by atoms with Crippen LogP contribution in [0.15, 0.2) is 72.9 Å². The summed E-state index contributed by atoms with van der Waals surface area (Å²) in [6.07, 6.45) is 1.71. The maximum atomic E-state index is 14.6. The fourth-order valence-corrected chi connectivity index (χ4v) is 3.21. The summed E-state index contributed by atoms with van der Waals surface area (Å²) in [5, 5.41) is 6.88. The lowest BCUT2D eigenvalue weighted by Crippen LogP contribution is -2.22. The fourth-order valence-electron chi connectivity index (χ4n) is 3.21. The molecule has 4 aromatic rings. The third kappa shape index (κ3) is 4.59. The molecule has 2 aromatic heterocycles. The number of anilines is 3. The normalized spacial score (nSPS) is 11.8. The van der Waals surface area contributed by atoms with E-state index in [1.54, 1.807) is 12.3 Å². The van der Waals surface area contributed by atoms with E-state index in [1.807, 2.05) is 54.6 Å². The first-order chi connectivity index (χ1) is 15.0. The predicted molar refractivity (Wildman–Crippen MR) is 120 cm³/mol. The number of amides is 1. The van der Waals surface area contributed by atoms with Gasteiger partial charge in [-0.05, 0) is 35.9 Å². The molecule has 156 valence electrons. The number of nitrogens with one attached hydrogen (secondary N) is 2. The smallest absolute Gasteiger partial charge is 0.252 e. The van der Waals surface area contributed by atoms with Crippen LogP contribution in [0.4, 0.5) is 21.7 Å². The van der Waals surface area contributed by atoms with E-state index < -0.39 is 11.7 Å². The maximum absolute atomic E-state index is 14.6. The number of rotatable bonds is 7. The van der Waals surface area contributed by atoms with Crippen LogP contribution in [-0.4, -0.2) is 22.4 Å². The number of nitrogens with two attached hydrogens (primary N) is 2. The molecule has 0 unspecified atom stereocenters. The van der Waals surface area contributed by atoms with E-state index in [0.29, 0.717) is 5.69 Å². The van der Waals surface area contributed by atoms with Gasteiger partial charge in [-0.3, -0.25) is 9.78 Å². The molecule has 0 fully saturated rings. The number of hydrogen-bond donors (Lipinski definition) is 4. The van der Waals surface area contributed by atoms with Crippen molar-refractivity contribution in [2.75, 3.05) is 17.2 Å². The van der Waals surface area contributed by atoms with Crippen molar-refractivity contribution in [1.29, 1.82) is 0 Å². The van der Waals surface area contributed by atoms with Crippen LogP contribution in [-0.2, 0) is 0 Å². The average molecular weight is 416 g/mol. The van der Waals surface area contributed by atoms with Crippen molar-refractivity contribution in [1.82, 2.24) is 9.97 Å². The SMILES string of the molecule is NC(=O)c1cc(F)c(NC[C@H](N)c2ccccc2)nc1Nc1ccc2ncccc2c1. The van der Waals surface area contributed by atoms with Crippen LogP contribution < -0.4 is 22.1 Å². The standard InChI is InChI=1S/C23H21FN6O/c24-18-12-17(21(26)31)22(29-16-8-9-20-15(11-16)7-4-10-27-20)30-23(18)28-13-19(25)14-5-2-1-3-6-14/h1-12,19H,13,25H2,(H2,26,31)(H2,28,29,30)/t19-/m0/s1. The van der Waals surface area contributed by atoms with Gasteiger partial charge in [-0.2, -0.15) is 0 Å². The third-order valence-corrected chi connectivity index (χ3v) is 4.82. The van der Waals surface area contributed by atoms with E-state index >= 15 is 0 Å². The summed E-state index contributed by atoms with van der Waals surface area (Å²) in [4.78, 5) is 20.4. The Morgan fingerprint density at radius 2 is 1.84 bits per heavy atom. The summed E-state index contributed by atoms with van der Waals surface area (Å²) >= 11 is 0. The first kappa shape index (κ1) is 20.2. The quantitative estimate of drug-likeness (QED) is 0.365. The molecule has 0 aliphatic carbocycles. The molecule has 0 aliphatic rings. The molecular formula is C23H21FN6O. The zero-order chi connectivity index (χ0) is 21.8. The number of carbonyl (C=O) groups excluding carboxylic acids is 1. The van der Waals surface area contributed by atoms with Crippen LogP contribution in [0.2, 0.25) is 0 Å². The van der Waals surface area contributed by atoms with Gasteiger partial charge in [-0.15, -0.1) is 0 Å². The summed E-state index contributed by atoms with van der Waals surface area (Å²) in [7, 11) is 0. The number of primary amides is 1. The highest BCUT2D eigenvalue weighted by atomic mass is 19.1. The van der Waals surface area contributed by atoms with Crippen LogP contribution in [0.25, 0.3) is 10.9 Å². The molecule has 8 heteroatoms. The molecular weight excluding hydrogens is 395 g/mol. The Balaban J connectivity index is 1.60. The number of nitrogens with zero attached hydrogens (tertiary/aromatic N) is 2. The van der Waals surface area contributed by atoms with Gasteiger partial charge in [0, 0.05) is 29.9 Å². The molecule has 0 radical (unpaired) electrons. The number of carbonyl (C=O) groups is 1. The van der Waals surface area contributed by atoms with Gasteiger partial charge in [0.05, 0.1) is 11.1 Å². The number of hydrogen-bond acceptors (Lipinski definition) is 6. The van der Waals surface area contributed by atoms with Crippen molar-refractivity contribution in [2.24, 2.45) is 11.5 Å². The van der Waals surface area contributed by atoms with Crippen LogP contribution >= 0.6 is 0 Å². The summed E-state index contributed by atoms with van der Waals surface area (Å²) in [6, 6.07) is 19.4. The van der Waals surface area contributed by atoms with Gasteiger partial charge in [-0.1, -0.05) is 36.4 Å². The van der Waals surface area contributed by atoms with Crippen LogP contribution in [0, 0.1) is 5.82 Å². The largest absolute Gasteiger partial charge is 0.366 e. The number of pyridine rings is 2. The molecule has 1 atom stereocenters. The lowest BCUT2D eigenvalue weighted by molar-refractivity contribution is 0.100. The van der Waals surface area contributed by atoms with Gasteiger partial charge in [0.15, 0.2) is 11.6 Å². The molecule has 7 nitrogen and oxygen atoms in total.